The Morgan fingerprint density at radius 1 is 1.45 bits per heavy atom. The number of carbonyl (C=O) groups excluding carboxylic acids is 1. The topological polar surface area (TPSA) is 78.9 Å². The van der Waals surface area contributed by atoms with Crippen molar-refractivity contribution in [3.63, 3.8) is 0 Å². The molecule has 1 saturated carbocycles. The van der Waals surface area contributed by atoms with Crippen molar-refractivity contribution in [2.45, 2.75) is 50.7 Å². The van der Waals surface area contributed by atoms with Gasteiger partial charge < -0.3 is 15.8 Å². The van der Waals surface area contributed by atoms with Gasteiger partial charge in [0.25, 0.3) is 0 Å². The Hall–Kier alpha value is -0.910. The van der Waals surface area contributed by atoms with E-state index >= 15 is 0 Å². The van der Waals surface area contributed by atoms with Crippen LogP contribution in [0, 0.1) is 5.41 Å². The predicted octanol–water partition coefficient (Wildman–Crippen LogP) is 2.04. The molecule has 1 saturated heterocycles. The number of hydrogen-bond acceptors (Lipinski definition) is 4. The third-order valence-electron chi connectivity index (χ3n) is 4.60. The lowest BCUT2D eigenvalue weighted by atomic mass is 9.72. The molecule has 1 unspecified atom stereocenters. The molecule has 1 aliphatic carbocycles. The first kappa shape index (κ1) is 15.5. The highest BCUT2D eigenvalue weighted by atomic mass is 32.2. The molecule has 0 aromatic rings. The average Bonchev–Trinajstić information content (AvgIpc) is 2.54. The van der Waals surface area contributed by atoms with Gasteiger partial charge in [-0.1, -0.05) is 31.3 Å². The second kappa shape index (κ2) is 6.70. The zero-order valence-electron chi connectivity index (χ0n) is 12.2. The summed E-state index contributed by atoms with van der Waals surface area (Å²) in [5.74, 6) is 1.16. The van der Waals surface area contributed by atoms with Crippen LogP contribution in [0.3, 0.4) is 0 Å². The van der Waals surface area contributed by atoms with Gasteiger partial charge in [0, 0.05) is 24.1 Å². The fraction of sp³-hybridized carbons (Fsp3) is 0.857. The van der Waals surface area contributed by atoms with Gasteiger partial charge in [-0.2, -0.15) is 11.8 Å². The summed E-state index contributed by atoms with van der Waals surface area (Å²) in [6.07, 6.45) is 5.57. The smallest absolute Gasteiger partial charge is 0.236 e. The molecule has 3 N–H and O–H groups in total. The van der Waals surface area contributed by atoms with E-state index in [4.69, 9.17) is 10.9 Å². The molecule has 114 valence electrons. The van der Waals surface area contributed by atoms with Gasteiger partial charge in [0.05, 0.1) is 0 Å². The quantitative estimate of drug-likeness (QED) is 0.362. The molecule has 0 spiro atoms. The van der Waals surface area contributed by atoms with Crippen molar-refractivity contribution < 1.29 is 10.0 Å². The Morgan fingerprint density at radius 3 is 2.75 bits per heavy atom. The summed E-state index contributed by atoms with van der Waals surface area (Å²) < 4.78 is 0. The van der Waals surface area contributed by atoms with Gasteiger partial charge in [-0.05, 0) is 19.3 Å². The zero-order chi connectivity index (χ0) is 14.6. The van der Waals surface area contributed by atoms with E-state index in [0.29, 0.717) is 18.1 Å². The number of amidine groups is 1. The highest BCUT2D eigenvalue weighted by Crippen LogP contribution is 2.39. The minimum Gasteiger partial charge on any atom is -0.409 e. The van der Waals surface area contributed by atoms with Crippen LogP contribution >= 0.6 is 11.8 Å². The average molecular weight is 299 g/mol. The Bertz CT molecular complexity index is 381. The van der Waals surface area contributed by atoms with Crippen LogP contribution in [-0.2, 0) is 4.79 Å². The predicted molar refractivity (Wildman–Crippen MR) is 82.0 cm³/mol. The van der Waals surface area contributed by atoms with Crippen LogP contribution in [0.2, 0.25) is 0 Å². The van der Waals surface area contributed by atoms with Gasteiger partial charge in [-0.3, -0.25) is 4.79 Å². The number of nitrogens with zero attached hydrogens (tertiary/aromatic N) is 2. The second-order valence-electron chi connectivity index (χ2n) is 5.78. The van der Waals surface area contributed by atoms with Crippen LogP contribution in [0.5, 0.6) is 0 Å². The van der Waals surface area contributed by atoms with E-state index in [-0.39, 0.29) is 11.7 Å². The van der Waals surface area contributed by atoms with E-state index in [1.807, 2.05) is 16.7 Å². The molecule has 0 aromatic carbocycles. The molecule has 1 aliphatic heterocycles. The normalized spacial score (nSPS) is 27.4. The molecule has 1 amide bonds. The summed E-state index contributed by atoms with van der Waals surface area (Å²) in [6.45, 7) is 3.73. The monoisotopic (exact) mass is 299 g/mol. The van der Waals surface area contributed by atoms with Gasteiger partial charge >= 0.3 is 0 Å². The van der Waals surface area contributed by atoms with Gasteiger partial charge in [-0.25, -0.2) is 0 Å². The van der Waals surface area contributed by atoms with Crippen LogP contribution in [0.15, 0.2) is 5.16 Å². The summed E-state index contributed by atoms with van der Waals surface area (Å²) >= 11 is 1.94. The first-order valence-electron chi connectivity index (χ1n) is 7.53. The molecule has 2 fully saturated rings. The summed E-state index contributed by atoms with van der Waals surface area (Å²) in [4.78, 5) is 14.9. The van der Waals surface area contributed by atoms with E-state index in [9.17, 15) is 4.79 Å². The van der Waals surface area contributed by atoms with Gasteiger partial charge in [-0.15, -0.1) is 0 Å². The lowest BCUT2D eigenvalue weighted by Crippen LogP contribution is -2.55. The SMILES string of the molecule is CCC1CN(C(=O)C2(C(N)=NO)CCCCC2)CCS1. The molecule has 1 atom stereocenters. The number of thioether (sulfide) groups is 1. The van der Waals surface area contributed by atoms with E-state index in [0.717, 1.165) is 44.5 Å². The lowest BCUT2D eigenvalue weighted by molar-refractivity contribution is -0.139. The molecule has 0 aromatic heterocycles. The largest absolute Gasteiger partial charge is 0.409 e. The fourth-order valence-corrected chi connectivity index (χ4v) is 4.46. The Labute approximate surface area is 124 Å². The third-order valence-corrected chi connectivity index (χ3v) is 5.97. The third kappa shape index (κ3) is 2.90. The summed E-state index contributed by atoms with van der Waals surface area (Å²) in [5, 5.41) is 12.8. The number of rotatable bonds is 3. The van der Waals surface area contributed by atoms with Crippen molar-refractivity contribution in [2.24, 2.45) is 16.3 Å². The summed E-state index contributed by atoms with van der Waals surface area (Å²) in [7, 11) is 0. The van der Waals surface area contributed by atoms with Crippen LogP contribution < -0.4 is 5.73 Å². The summed E-state index contributed by atoms with van der Waals surface area (Å²) in [6, 6.07) is 0. The molecular weight excluding hydrogens is 274 g/mol. The van der Waals surface area contributed by atoms with Gasteiger partial charge in [0.15, 0.2) is 5.84 Å². The second-order valence-corrected chi connectivity index (χ2v) is 7.19. The fourth-order valence-electron chi connectivity index (χ4n) is 3.28. The molecule has 2 rings (SSSR count). The molecule has 20 heavy (non-hydrogen) atoms. The Morgan fingerprint density at radius 2 is 2.15 bits per heavy atom. The zero-order valence-corrected chi connectivity index (χ0v) is 13.0. The van der Waals surface area contributed by atoms with Crippen LogP contribution in [0.4, 0.5) is 0 Å². The molecule has 1 heterocycles. The molecule has 0 radical (unpaired) electrons. The van der Waals surface area contributed by atoms with Crippen molar-refractivity contribution >= 4 is 23.5 Å². The maximum absolute atomic E-state index is 13.0. The van der Waals surface area contributed by atoms with Crippen molar-refractivity contribution in [1.29, 1.82) is 0 Å². The number of carbonyl (C=O) groups is 1. The van der Waals surface area contributed by atoms with Crippen molar-refractivity contribution in [3.8, 4) is 0 Å². The number of amides is 1. The highest BCUT2D eigenvalue weighted by molar-refractivity contribution is 8.00. The van der Waals surface area contributed by atoms with Crippen molar-refractivity contribution in [3.05, 3.63) is 0 Å². The minimum atomic E-state index is -0.757. The van der Waals surface area contributed by atoms with Crippen LogP contribution in [0.25, 0.3) is 0 Å². The van der Waals surface area contributed by atoms with Crippen LogP contribution in [0.1, 0.15) is 45.4 Å². The first-order chi connectivity index (χ1) is 9.64. The van der Waals surface area contributed by atoms with E-state index in [1.54, 1.807) is 0 Å². The number of oxime groups is 1. The van der Waals surface area contributed by atoms with Crippen molar-refractivity contribution in [2.75, 3.05) is 18.8 Å². The number of hydrogen-bond donors (Lipinski definition) is 2. The summed E-state index contributed by atoms with van der Waals surface area (Å²) in [5.41, 5.74) is 5.15. The molecule has 6 heteroatoms. The van der Waals surface area contributed by atoms with E-state index < -0.39 is 5.41 Å². The van der Waals surface area contributed by atoms with E-state index in [2.05, 4.69) is 12.1 Å². The molecular formula is C14H25N3O2S. The Kier molecular flexibility index (Phi) is 5.18. The van der Waals surface area contributed by atoms with E-state index in [1.165, 1.54) is 0 Å². The lowest BCUT2D eigenvalue weighted by Gasteiger charge is -2.41. The maximum Gasteiger partial charge on any atom is 0.236 e. The Balaban J connectivity index is 2.18. The van der Waals surface area contributed by atoms with Gasteiger partial charge in [0.2, 0.25) is 5.91 Å². The highest BCUT2D eigenvalue weighted by Gasteiger charge is 2.46. The van der Waals surface area contributed by atoms with Crippen LogP contribution in [-0.4, -0.2) is 45.9 Å². The standard InChI is InChI=1S/C14H25N3O2S/c1-2-11-10-17(8-9-20-11)13(18)14(12(15)16-19)6-4-3-5-7-14/h11,19H,2-10H2,1H3,(H2,15,16). The maximum atomic E-state index is 13.0. The molecule has 5 nitrogen and oxygen atoms in total. The first-order valence-corrected chi connectivity index (χ1v) is 8.58. The molecule has 0 bridgehead atoms. The molecule has 2 aliphatic rings. The van der Waals surface area contributed by atoms with Crippen molar-refractivity contribution in [1.82, 2.24) is 4.90 Å². The van der Waals surface area contributed by atoms with Gasteiger partial charge in [0.1, 0.15) is 5.41 Å². The number of nitrogens with two attached hydrogens (primary N) is 1. The minimum absolute atomic E-state index is 0.0752.